The van der Waals surface area contributed by atoms with Crippen LogP contribution < -0.4 is 4.74 Å². The smallest absolute Gasteiger partial charge is 0.343 e. The SMILES string of the molecule is COc1cccc2c1C(C(F)C(=O)O)=CC2. The van der Waals surface area contributed by atoms with Gasteiger partial charge in [0.25, 0.3) is 0 Å². The number of rotatable bonds is 3. The van der Waals surface area contributed by atoms with Crippen molar-refractivity contribution in [2.24, 2.45) is 0 Å². The second kappa shape index (κ2) is 3.96. The summed E-state index contributed by atoms with van der Waals surface area (Å²) in [7, 11) is 1.49. The number of carboxylic acid groups (broad SMARTS) is 1. The van der Waals surface area contributed by atoms with Crippen LogP contribution >= 0.6 is 0 Å². The molecule has 0 aromatic heterocycles. The van der Waals surface area contributed by atoms with Crippen molar-refractivity contribution in [1.82, 2.24) is 0 Å². The van der Waals surface area contributed by atoms with Crippen molar-refractivity contribution in [2.45, 2.75) is 12.6 Å². The maximum absolute atomic E-state index is 13.5. The Balaban J connectivity index is 2.47. The van der Waals surface area contributed by atoms with Crippen LogP contribution in [-0.2, 0) is 11.2 Å². The topological polar surface area (TPSA) is 46.5 Å². The largest absolute Gasteiger partial charge is 0.496 e. The predicted octanol–water partition coefficient (Wildman–Crippen LogP) is 2.06. The van der Waals surface area contributed by atoms with Crippen molar-refractivity contribution < 1.29 is 19.0 Å². The quantitative estimate of drug-likeness (QED) is 0.851. The lowest BCUT2D eigenvalue weighted by Crippen LogP contribution is -2.16. The van der Waals surface area contributed by atoms with E-state index >= 15 is 0 Å². The first-order chi connectivity index (χ1) is 7.65. The molecule has 0 heterocycles. The van der Waals surface area contributed by atoms with Crippen LogP contribution in [0.1, 0.15) is 11.1 Å². The summed E-state index contributed by atoms with van der Waals surface area (Å²) in [5.41, 5.74) is 1.68. The van der Waals surface area contributed by atoms with Gasteiger partial charge in [-0.05, 0) is 18.1 Å². The molecule has 3 nitrogen and oxygen atoms in total. The molecular formula is C12H11FO3. The second-order valence-electron chi connectivity index (χ2n) is 3.56. The predicted molar refractivity (Wildman–Crippen MR) is 57.2 cm³/mol. The number of carboxylic acids is 1. The van der Waals surface area contributed by atoms with Crippen LogP contribution in [0.3, 0.4) is 0 Å². The fourth-order valence-electron chi connectivity index (χ4n) is 1.93. The molecule has 0 aliphatic heterocycles. The fraction of sp³-hybridized carbons (Fsp3) is 0.250. The molecule has 4 heteroatoms. The van der Waals surface area contributed by atoms with Crippen molar-refractivity contribution >= 4 is 11.5 Å². The van der Waals surface area contributed by atoms with Crippen LogP contribution in [0.2, 0.25) is 0 Å². The third kappa shape index (κ3) is 1.56. The Kier molecular flexibility index (Phi) is 2.64. The summed E-state index contributed by atoms with van der Waals surface area (Å²) in [6, 6.07) is 5.35. The van der Waals surface area contributed by atoms with E-state index < -0.39 is 12.1 Å². The Morgan fingerprint density at radius 2 is 2.31 bits per heavy atom. The van der Waals surface area contributed by atoms with Crippen molar-refractivity contribution in [1.29, 1.82) is 0 Å². The van der Waals surface area contributed by atoms with Gasteiger partial charge in [0.15, 0.2) is 0 Å². The molecule has 0 saturated heterocycles. The number of carbonyl (C=O) groups is 1. The number of allylic oxidation sites excluding steroid dienone is 1. The van der Waals surface area contributed by atoms with Gasteiger partial charge in [-0.25, -0.2) is 9.18 Å². The minimum Gasteiger partial charge on any atom is -0.496 e. The maximum atomic E-state index is 13.5. The lowest BCUT2D eigenvalue weighted by atomic mass is 10.0. The molecule has 1 aliphatic carbocycles. The highest BCUT2D eigenvalue weighted by Gasteiger charge is 2.29. The molecule has 16 heavy (non-hydrogen) atoms. The molecule has 0 saturated carbocycles. The molecule has 0 radical (unpaired) electrons. The molecule has 84 valence electrons. The van der Waals surface area contributed by atoms with Crippen molar-refractivity contribution in [3.63, 3.8) is 0 Å². The lowest BCUT2D eigenvalue weighted by Gasteiger charge is -2.11. The number of hydrogen-bond acceptors (Lipinski definition) is 2. The Labute approximate surface area is 92.2 Å². The second-order valence-corrected chi connectivity index (χ2v) is 3.56. The average molecular weight is 222 g/mol. The summed E-state index contributed by atoms with van der Waals surface area (Å²) < 4.78 is 18.6. The number of halogens is 1. The summed E-state index contributed by atoms with van der Waals surface area (Å²) in [4.78, 5) is 10.6. The van der Waals surface area contributed by atoms with Crippen LogP contribution in [0.5, 0.6) is 5.75 Å². The van der Waals surface area contributed by atoms with Gasteiger partial charge in [0.05, 0.1) is 7.11 Å². The van der Waals surface area contributed by atoms with E-state index in [2.05, 4.69) is 0 Å². The van der Waals surface area contributed by atoms with Crippen LogP contribution in [0, 0.1) is 0 Å². The Bertz CT molecular complexity index is 465. The third-order valence-electron chi connectivity index (χ3n) is 2.65. The third-order valence-corrected chi connectivity index (χ3v) is 2.65. The minimum atomic E-state index is -1.99. The monoisotopic (exact) mass is 222 g/mol. The molecule has 1 aromatic carbocycles. The zero-order valence-corrected chi connectivity index (χ0v) is 8.74. The Morgan fingerprint density at radius 1 is 1.56 bits per heavy atom. The first kappa shape index (κ1) is 10.7. The van der Waals surface area contributed by atoms with E-state index in [1.54, 1.807) is 12.1 Å². The van der Waals surface area contributed by atoms with E-state index in [1.807, 2.05) is 12.1 Å². The van der Waals surface area contributed by atoms with Crippen LogP contribution in [-0.4, -0.2) is 24.4 Å². The highest BCUT2D eigenvalue weighted by atomic mass is 19.1. The molecular weight excluding hydrogens is 211 g/mol. The van der Waals surface area contributed by atoms with Gasteiger partial charge in [-0.15, -0.1) is 0 Å². The van der Waals surface area contributed by atoms with Crippen molar-refractivity contribution in [3.8, 4) is 5.75 Å². The summed E-state index contributed by atoms with van der Waals surface area (Å²) in [5.74, 6) is -0.949. The lowest BCUT2D eigenvalue weighted by molar-refractivity contribution is -0.140. The van der Waals surface area contributed by atoms with Gasteiger partial charge in [-0.2, -0.15) is 0 Å². The number of methoxy groups -OCH3 is 1. The zero-order chi connectivity index (χ0) is 11.7. The number of fused-ring (bicyclic) bond motifs is 1. The summed E-state index contributed by atoms with van der Waals surface area (Å²) in [6.07, 6.45) is 0.166. The summed E-state index contributed by atoms with van der Waals surface area (Å²) >= 11 is 0. The van der Waals surface area contributed by atoms with Gasteiger partial charge in [0.2, 0.25) is 6.17 Å². The molecule has 1 aromatic rings. The highest BCUT2D eigenvalue weighted by Crippen LogP contribution is 2.37. The van der Waals surface area contributed by atoms with Crippen LogP contribution in [0.25, 0.3) is 5.57 Å². The van der Waals surface area contributed by atoms with E-state index in [0.717, 1.165) is 5.56 Å². The average Bonchev–Trinajstić information content (AvgIpc) is 2.71. The number of ether oxygens (including phenoxy) is 1. The van der Waals surface area contributed by atoms with Crippen LogP contribution in [0.4, 0.5) is 4.39 Å². The molecule has 0 amide bonds. The Hall–Kier alpha value is -1.84. The van der Waals surface area contributed by atoms with E-state index in [-0.39, 0.29) is 5.57 Å². The first-order valence-corrected chi connectivity index (χ1v) is 4.88. The molecule has 0 bridgehead atoms. The fourth-order valence-corrected chi connectivity index (χ4v) is 1.93. The van der Waals surface area contributed by atoms with E-state index in [0.29, 0.717) is 17.7 Å². The molecule has 1 aliphatic rings. The number of alkyl halides is 1. The summed E-state index contributed by atoms with van der Waals surface area (Å²) in [5, 5.41) is 8.67. The first-order valence-electron chi connectivity index (χ1n) is 4.88. The standard InChI is InChI=1S/C12H11FO3/c1-16-9-4-2-3-7-5-6-8(10(7)9)11(13)12(14)15/h2-4,6,11H,5H2,1H3,(H,14,15). The number of hydrogen-bond donors (Lipinski definition) is 1. The zero-order valence-electron chi connectivity index (χ0n) is 8.74. The van der Waals surface area contributed by atoms with Gasteiger partial charge < -0.3 is 9.84 Å². The molecule has 1 atom stereocenters. The van der Waals surface area contributed by atoms with Crippen LogP contribution in [0.15, 0.2) is 24.3 Å². The highest BCUT2D eigenvalue weighted by molar-refractivity contribution is 5.93. The minimum absolute atomic E-state index is 0.194. The van der Waals surface area contributed by atoms with Crippen molar-refractivity contribution in [2.75, 3.05) is 7.11 Å². The molecule has 2 rings (SSSR count). The Morgan fingerprint density at radius 3 is 2.94 bits per heavy atom. The van der Waals surface area contributed by atoms with Gasteiger partial charge >= 0.3 is 5.97 Å². The van der Waals surface area contributed by atoms with E-state index in [9.17, 15) is 9.18 Å². The molecule has 0 fully saturated rings. The van der Waals surface area contributed by atoms with E-state index in [4.69, 9.17) is 9.84 Å². The maximum Gasteiger partial charge on any atom is 0.343 e. The van der Waals surface area contributed by atoms with Gasteiger partial charge in [0.1, 0.15) is 5.75 Å². The molecule has 0 spiro atoms. The number of benzene rings is 1. The van der Waals surface area contributed by atoms with Gasteiger partial charge in [-0.3, -0.25) is 0 Å². The molecule has 1 unspecified atom stereocenters. The van der Waals surface area contributed by atoms with Gasteiger partial charge in [0, 0.05) is 11.1 Å². The number of aliphatic carboxylic acids is 1. The van der Waals surface area contributed by atoms with E-state index in [1.165, 1.54) is 7.11 Å². The molecule has 1 N–H and O–H groups in total. The van der Waals surface area contributed by atoms with Gasteiger partial charge in [-0.1, -0.05) is 18.2 Å². The normalized spacial score (nSPS) is 15.2. The summed E-state index contributed by atoms with van der Waals surface area (Å²) in [6.45, 7) is 0. The van der Waals surface area contributed by atoms with Crippen molar-refractivity contribution in [3.05, 3.63) is 35.4 Å².